The molecule has 1 amide bonds. The van der Waals surface area contributed by atoms with Gasteiger partial charge in [0.25, 0.3) is 0 Å². The molecule has 3 atom stereocenters. The first-order valence-electron chi connectivity index (χ1n) is 8.22. The summed E-state index contributed by atoms with van der Waals surface area (Å²) in [6.45, 7) is 4.68. The van der Waals surface area contributed by atoms with E-state index in [0.29, 0.717) is 6.54 Å². The monoisotopic (exact) mass is 460 g/mol. The fourth-order valence-corrected chi connectivity index (χ4v) is 7.01. The molecule has 1 aromatic carbocycles. The number of ether oxygens (including phenoxy) is 3. The van der Waals surface area contributed by atoms with Crippen LogP contribution in [0, 0.1) is 0 Å². The summed E-state index contributed by atoms with van der Waals surface area (Å²) in [5, 5.41) is 0. The average molecular weight is 460 g/mol. The van der Waals surface area contributed by atoms with Crippen molar-refractivity contribution in [1.82, 2.24) is 4.90 Å². The van der Waals surface area contributed by atoms with E-state index >= 15 is 0 Å². The summed E-state index contributed by atoms with van der Waals surface area (Å²) in [6.07, 6.45) is -0.607. The van der Waals surface area contributed by atoms with E-state index in [1.807, 2.05) is 30.3 Å². The second-order valence-electron chi connectivity index (χ2n) is 6.81. The van der Waals surface area contributed by atoms with E-state index in [1.54, 1.807) is 0 Å². The Kier molecular flexibility index (Phi) is 5.52. The molecule has 138 valence electrons. The van der Waals surface area contributed by atoms with Crippen molar-refractivity contribution in [3.05, 3.63) is 35.9 Å². The third kappa shape index (κ3) is 4.08. The molecule has 25 heavy (non-hydrogen) atoms. The van der Waals surface area contributed by atoms with Crippen LogP contribution in [0.5, 0.6) is 0 Å². The van der Waals surface area contributed by atoms with Gasteiger partial charge in [0.05, 0.1) is 0 Å². The number of hydrogen-bond acceptors (Lipinski definition) is 5. The Morgan fingerprint density at radius 1 is 1.32 bits per heavy atom. The van der Waals surface area contributed by atoms with Crippen molar-refractivity contribution in [3.63, 3.8) is 0 Å². The molecule has 6 nitrogen and oxygen atoms in total. The molecule has 7 heteroatoms. The molecule has 2 aliphatic heterocycles. The zero-order valence-electron chi connectivity index (χ0n) is 14.6. The van der Waals surface area contributed by atoms with Crippen LogP contribution in [0.3, 0.4) is 0 Å². The number of benzene rings is 1. The molecule has 0 spiro atoms. The van der Waals surface area contributed by atoms with Gasteiger partial charge in [-0.05, 0) is 0 Å². The standard InChI is InChI=1S/C18H23INO5/c1-18(2)11-19-14-13(25-18)9-20(15(14)16(21)23-3)17(22)24-10-12-7-5-4-6-8-12/h4-8,13-15H,9-11H2,1-3H3/q-1/t13?,14?,15-/m0/s1. The number of nitrogens with zero attached hydrogens (tertiary/aromatic N) is 1. The van der Waals surface area contributed by atoms with Gasteiger partial charge in [0.2, 0.25) is 0 Å². The van der Waals surface area contributed by atoms with Crippen LogP contribution < -0.4 is 21.2 Å². The first-order chi connectivity index (χ1) is 11.9. The number of amides is 1. The van der Waals surface area contributed by atoms with E-state index in [-0.39, 0.29) is 49.4 Å². The minimum absolute atomic E-state index is 0.0588. The van der Waals surface area contributed by atoms with Crippen molar-refractivity contribution in [1.29, 1.82) is 0 Å². The number of rotatable bonds is 3. The van der Waals surface area contributed by atoms with Crippen molar-refractivity contribution in [3.8, 4) is 0 Å². The summed E-state index contributed by atoms with van der Waals surface area (Å²) in [7, 11) is 1.36. The zero-order chi connectivity index (χ0) is 18.0. The average Bonchev–Trinajstić information content (AvgIpc) is 2.97. The van der Waals surface area contributed by atoms with Gasteiger partial charge in [-0.2, -0.15) is 0 Å². The van der Waals surface area contributed by atoms with Crippen LogP contribution in [-0.4, -0.2) is 56.7 Å². The van der Waals surface area contributed by atoms with E-state index in [1.165, 1.54) is 12.0 Å². The van der Waals surface area contributed by atoms with Crippen LogP contribution >= 0.6 is 0 Å². The van der Waals surface area contributed by atoms with Gasteiger partial charge in [-0.15, -0.1) is 0 Å². The summed E-state index contributed by atoms with van der Waals surface area (Å²) >= 11 is -0.281. The van der Waals surface area contributed by atoms with Crippen LogP contribution in [0.1, 0.15) is 19.4 Å². The molecule has 3 rings (SSSR count). The van der Waals surface area contributed by atoms with Gasteiger partial charge in [0.1, 0.15) is 0 Å². The molecule has 0 bridgehead atoms. The third-order valence-corrected chi connectivity index (χ3v) is 9.08. The Hall–Kier alpha value is -1.35. The van der Waals surface area contributed by atoms with E-state index in [2.05, 4.69) is 13.8 Å². The van der Waals surface area contributed by atoms with Gasteiger partial charge in [0.15, 0.2) is 0 Å². The van der Waals surface area contributed by atoms with Crippen molar-refractivity contribution < 1.29 is 45.0 Å². The van der Waals surface area contributed by atoms with Gasteiger partial charge in [-0.3, -0.25) is 0 Å². The number of alkyl halides is 2. The molecule has 0 N–H and O–H groups in total. The SMILES string of the molecule is COC(=O)[C@@H]1C2[I-]CC(C)(C)OC2CN1C(=O)OCc1ccccc1. The molecule has 0 saturated carbocycles. The first kappa shape index (κ1) is 18.4. The van der Waals surface area contributed by atoms with Crippen LogP contribution in [0.25, 0.3) is 0 Å². The van der Waals surface area contributed by atoms with E-state index in [4.69, 9.17) is 14.2 Å². The summed E-state index contributed by atoms with van der Waals surface area (Å²) in [5.41, 5.74) is 0.714. The Morgan fingerprint density at radius 2 is 2.04 bits per heavy atom. The number of carbonyl (C=O) groups is 2. The van der Waals surface area contributed by atoms with E-state index < -0.39 is 12.1 Å². The molecule has 0 aliphatic carbocycles. The molecule has 0 radical (unpaired) electrons. The Morgan fingerprint density at radius 3 is 2.72 bits per heavy atom. The molecule has 2 aliphatic rings. The zero-order valence-corrected chi connectivity index (χ0v) is 16.8. The van der Waals surface area contributed by atoms with Crippen molar-refractivity contribution in [2.45, 2.75) is 42.1 Å². The molecule has 2 saturated heterocycles. The molecular weight excluding hydrogens is 437 g/mol. The van der Waals surface area contributed by atoms with Crippen molar-refractivity contribution >= 4 is 12.1 Å². The van der Waals surface area contributed by atoms with Crippen LogP contribution in [0.2, 0.25) is 0 Å². The van der Waals surface area contributed by atoms with E-state index in [9.17, 15) is 9.59 Å². The number of halogens is 1. The van der Waals surface area contributed by atoms with Crippen molar-refractivity contribution in [2.75, 3.05) is 18.1 Å². The Balaban J connectivity index is 1.71. The molecule has 0 aromatic heterocycles. The fourth-order valence-electron chi connectivity index (χ4n) is 3.15. The number of carbonyl (C=O) groups excluding carboxylic acids is 2. The summed E-state index contributed by atoms with van der Waals surface area (Å²) < 4.78 is 17.5. The normalized spacial score (nSPS) is 27.8. The first-order valence-corrected chi connectivity index (χ1v) is 11.0. The number of methoxy groups -OCH3 is 1. The molecule has 1 aromatic rings. The molecule has 2 unspecified atom stereocenters. The topological polar surface area (TPSA) is 65.1 Å². The summed E-state index contributed by atoms with van der Waals surface area (Å²) in [4.78, 5) is 26.4. The molecule has 2 fully saturated rings. The second-order valence-corrected chi connectivity index (χ2v) is 9.89. The number of likely N-dealkylation sites (tertiary alicyclic amines) is 1. The third-order valence-electron chi connectivity index (χ3n) is 4.30. The number of fused-ring (bicyclic) bond motifs is 1. The Bertz CT molecular complexity index is 636. The summed E-state index contributed by atoms with van der Waals surface area (Å²) in [6, 6.07) is 8.89. The predicted octanol–water partition coefficient (Wildman–Crippen LogP) is -1.18. The Labute approximate surface area is 158 Å². The summed E-state index contributed by atoms with van der Waals surface area (Å²) in [5.74, 6) is -0.382. The van der Waals surface area contributed by atoms with Crippen LogP contribution in [-0.2, 0) is 25.6 Å². The van der Waals surface area contributed by atoms with Crippen molar-refractivity contribution in [2.24, 2.45) is 0 Å². The fraction of sp³-hybridized carbons (Fsp3) is 0.556. The predicted molar refractivity (Wildman–Crippen MR) is 86.7 cm³/mol. The molecular formula is C18H23INO5-. The molecule has 2 heterocycles. The van der Waals surface area contributed by atoms with Crippen LogP contribution in [0.4, 0.5) is 4.79 Å². The minimum atomic E-state index is -0.595. The maximum absolute atomic E-state index is 12.6. The van der Waals surface area contributed by atoms with Gasteiger partial charge in [-0.1, -0.05) is 0 Å². The van der Waals surface area contributed by atoms with Gasteiger partial charge < -0.3 is 0 Å². The quantitative estimate of drug-likeness (QED) is 0.323. The number of hydrogen-bond donors (Lipinski definition) is 0. The number of esters is 1. The second kappa shape index (κ2) is 7.49. The van der Waals surface area contributed by atoms with Crippen LogP contribution in [0.15, 0.2) is 30.3 Å². The van der Waals surface area contributed by atoms with E-state index in [0.717, 1.165) is 9.99 Å². The van der Waals surface area contributed by atoms with Gasteiger partial charge in [0, 0.05) is 0 Å². The van der Waals surface area contributed by atoms with Gasteiger partial charge >= 0.3 is 158 Å². The van der Waals surface area contributed by atoms with Gasteiger partial charge in [-0.25, -0.2) is 0 Å². The maximum atomic E-state index is 12.6.